The predicted molar refractivity (Wildman–Crippen MR) is 163 cm³/mol. The molecule has 3 aromatic rings. The van der Waals surface area contributed by atoms with Crippen molar-refractivity contribution in [1.82, 2.24) is 0 Å². The van der Waals surface area contributed by atoms with Gasteiger partial charge >= 0.3 is 6.09 Å². The Hall–Kier alpha value is -3.92. The lowest BCUT2D eigenvalue weighted by atomic mass is 9.75. The van der Waals surface area contributed by atoms with E-state index in [1.165, 1.54) is 51.9 Å². The fourth-order valence-corrected chi connectivity index (χ4v) is 8.27. The van der Waals surface area contributed by atoms with E-state index in [2.05, 4.69) is 30.4 Å². The molecule has 6 rings (SSSR count). The molecule has 2 atom stereocenters. The van der Waals surface area contributed by atoms with E-state index in [0.717, 1.165) is 44.9 Å². The molecule has 2 unspecified atom stereocenters. The zero-order chi connectivity index (χ0) is 29.4. The molecule has 0 bridgehead atoms. The minimum atomic E-state index is -0.716. The van der Waals surface area contributed by atoms with Crippen LogP contribution in [0.2, 0.25) is 0 Å². The zero-order valence-electron chi connectivity index (χ0n) is 23.5. The van der Waals surface area contributed by atoms with Crippen molar-refractivity contribution in [3.8, 4) is 11.1 Å². The second-order valence-electron chi connectivity index (χ2n) is 11.7. The lowest BCUT2D eigenvalue weighted by Gasteiger charge is -2.29. The lowest BCUT2D eigenvalue weighted by Crippen LogP contribution is -2.17. The number of carbonyl (C=O) groups excluding carboxylic acids is 1. The number of hydrogen-bond donors (Lipinski definition) is 1. The van der Waals surface area contributed by atoms with Crippen LogP contribution in [0.5, 0.6) is 0 Å². The average Bonchev–Trinajstić information content (AvgIpc) is 2.97. The molecule has 9 nitrogen and oxygen atoms in total. The van der Waals surface area contributed by atoms with E-state index in [1.807, 2.05) is 12.1 Å². The molecule has 218 valence electrons. The quantitative estimate of drug-likeness (QED) is 0.210. The van der Waals surface area contributed by atoms with Crippen LogP contribution < -0.4 is 5.32 Å². The number of amides is 1. The van der Waals surface area contributed by atoms with Crippen LogP contribution in [0.3, 0.4) is 0 Å². The van der Waals surface area contributed by atoms with Crippen LogP contribution in [0.4, 0.5) is 21.9 Å². The summed E-state index contributed by atoms with van der Waals surface area (Å²) in [6.45, 7) is 1.87. The van der Waals surface area contributed by atoms with E-state index in [-0.39, 0.29) is 34.9 Å². The first kappa shape index (κ1) is 28.2. The second kappa shape index (κ2) is 11.8. The van der Waals surface area contributed by atoms with Gasteiger partial charge in [-0.25, -0.2) is 4.79 Å². The van der Waals surface area contributed by atoms with Crippen LogP contribution in [0.25, 0.3) is 11.1 Å². The highest BCUT2D eigenvalue weighted by Crippen LogP contribution is 2.44. The third-order valence-corrected chi connectivity index (χ3v) is 10.1. The number of hydrogen-bond acceptors (Lipinski definition) is 7. The Kier molecular flexibility index (Phi) is 7.90. The fourth-order valence-electron chi connectivity index (χ4n) is 6.77. The maximum Gasteiger partial charge on any atom is 0.411 e. The largest absolute Gasteiger partial charge is 0.444 e. The average molecular weight is 588 g/mol. The van der Waals surface area contributed by atoms with Gasteiger partial charge in [0.1, 0.15) is 12.2 Å². The Bertz CT molecular complexity index is 1510. The van der Waals surface area contributed by atoms with Gasteiger partial charge in [-0.05, 0) is 90.0 Å². The summed E-state index contributed by atoms with van der Waals surface area (Å²) in [5.74, 6) is 0.777. The summed E-state index contributed by atoms with van der Waals surface area (Å²) >= 11 is 1.55. The standard InChI is InChI=1S/C32H33N3O6S/c1-19-4-2-7-26(12-19)42-18-27-28(34(37)38)13-20(14-29(27)35(39)40)17-41-32(36)33-25-15-23-10-8-21-5-3-6-22-9-11-24(16-25)31(23)30(21)22/h3,5-6,13-16,19,26H,2,4,7-12,17-18H2,1H3,(H,33,36). The SMILES string of the molecule is CC1CCCC(SCc2c([N+](=O)[O-])cc(COC(=O)Nc3cc4c5c(c3)CCc3cccc(c3-5)CC4)cc2[N+](=O)[O-])C1. The maximum atomic E-state index is 12.8. The van der Waals surface area contributed by atoms with Crippen LogP contribution in [-0.2, 0) is 42.8 Å². The summed E-state index contributed by atoms with van der Waals surface area (Å²) in [6.07, 6.45) is 7.26. The molecule has 3 aliphatic carbocycles. The van der Waals surface area contributed by atoms with Gasteiger partial charge in [-0.15, -0.1) is 0 Å². The molecule has 1 N–H and O–H groups in total. The number of thioether (sulfide) groups is 1. The Morgan fingerprint density at radius 2 is 1.52 bits per heavy atom. The van der Waals surface area contributed by atoms with Crippen LogP contribution >= 0.6 is 11.8 Å². The normalized spacial score (nSPS) is 18.6. The van der Waals surface area contributed by atoms with Crippen LogP contribution in [0.1, 0.15) is 66.0 Å². The highest BCUT2D eigenvalue weighted by molar-refractivity contribution is 7.99. The molecule has 0 aliphatic heterocycles. The van der Waals surface area contributed by atoms with E-state index >= 15 is 0 Å². The highest BCUT2D eigenvalue weighted by atomic mass is 32.2. The molecule has 0 radical (unpaired) electrons. The molecule has 1 amide bonds. The molecular formula is C32H33N3O6S. The molecule has 0 saturated heterocycles. The van der Waals surface area contributed by atoms with Crippen molar-refractivity contribution in [1.29, 1.82) is 0 Å². The minimum Gasteiger partial charge on any atom is -0.444 e. The summed E-state index contributed by atoms with van der Waals surface area (Å²) in [4.78, 5) is 35.5. The van der Waals surface area contributed by atoms with Crippen molar-refractivity contribution < 1.29 is 19.4 Å². The smallest absolute Gasteiger partial charge is 0.411 e. The number of nitro benzene ring substituents is 2. The molecule has 0 heterocycles. The van der Waals surface area contributed by atoms with Gasteiger partial charge in [0.05, 0.1) is 9.85 Å². The van der Waals surface area contributed by atoms with Gasteiger partial charge in [0, 0.05) is 34.4 Å². The van der Waals surface area contributed by atoms with Gasteiger partial charge in [0.25, 0.3) is 11.4 Å². The van der Waals surface area contributed by atoms with Crippen molar-refractivity contribution >= 4 is 34.9 Å². The van der Waals surface area contributed by atoms with E-state index < -0.39 is 15.9 Å². The number of benzene rings is 3. The fraction of sp³-hybridized carbons (Fsp3) is 0.406. The number of carbonyl (C=O) groups is 1. The van der Waals surface area contributed by atoms with Crippen molar-refractivity contribution in [3.05, 3.63) is 96.1 Å². The minimum absolute atomic E-state index is 0.106. The van der Waals surface area contributed by atoms with Gasteiger partial charge in [0.15, 0.2) is 0 Å². The summed E-state index contributed by atoms with van der Waals surface area (Å²) in [5.41, 5.74) is 8.09. The molecule has 1 saturated carbocycles. The van der Waals surface area contributed by atoms with Crippen LogP contribution in [0.15, 0.2) is 42.5 Å². The molecule has 3 aliphatic rings. The third kappa shape index (κ3) is 5.72. The summed E-state index contributed by atoms with van der Waals surface area (Å²) in [6, 6.07) is 13.1. The van der Waals surface area contributed by atoms with Gasteiger partial charge < -0.3 is 4.74 Å². The summed E-state index contributed by atoms with van der Waals surface area (Å²) in [5, 5.41) is 27.0. The Balaban J connectivity index is 1.16. The van der Waals surface area contributed by atoms with Crippen molar-refractivity contribution in [2.75, 3.05) is 5.32 Å². The van der Waals surface area contributed by atoms with E-state index in [9.17, 15) is 25.0 Å². The zero-order valence-corrected chi connectivity index (χ0v) is 24.3. The first-order chi connectivity index (χ1) is 20.3. The second-order valence-corrected chi connectivity index (χ2v) is 12.9. The molecule has 3 aromatic carbocycles. The molecule has 42 heavy (non-hydrogen) atoms. The molecule has 0 spiro atoms. The van der Waals surface area contributed by atoms with E-state index in [4.69, 9.17) is 4.74 Å². The number of aryl methyl sites for hydroxylation is 4. The molecule has 1 fully saturated rings. The third-order valence-electron chi connectivity index (χ3n) is 8.74. The number of nitrogens with one attached hydrogen (secondary N) is 1. The Labute approximate surface area is 248 Å². The molecule has 0 aromatic heterocycles. The molecular weight excluding hydrogens is 554 g/mol. The van der Waals surface area contributed by atoms with Gasteiger partial charge in [-0.1, -0.05) is 38.0 Å². The van der Waals surface area contributed by atoms with Crippen molar-refractivity contribution in [3.63, 3.8) is 0 Å². The first-order valence-corrected chi connectivity index (χ1v) is 15.6. The predicted octanol–water partition coefficient (Wildman–Crippen LogP) is 7.93. The van der Waals surface area contributed by atoms with Crippen molar-refractivity contribution in [2.24, 2.45) is 5.92 Å². The number of rotatable bonds is 8. The van der Waals surface area contributed by atoms with E-state index in [1.54, 1.807) is 11.8 Å². The summed E-state index contributed by atoms with van der Waals surface area (Å²) in [7, 11) is 0. The topological polar surface area (TPSA) is 125 Å². The Morgan fingerprint density at radius 3 is 2.12 bits per heavy atom. The maximum absolute atomic E-state index is 12.8. The first-order valence-electron chi connectivity index (χ1n) is 14.5. The van der Waals surface area contributed by atoms with Crippen LogP contribution in [0, 0.1) is 26.1 Å². The van der Waals surface area contributed by atoms with Crippen LogP contribution in [-0.4, -0.2) is 21.2 Å². The van der Waals surface area contributed by atoms with Gasteiger partial charge in [0.2, 0.25) is 0 Å². The number of ether oxygens (including phenoxy) is 1. The van der Waals surface area contributed by atoms with Gasteiger partial charge in [-0.2, -0.15) is 11.8 Å². The highest BCUT2D eigenvalue weighted by Gasteiger charge is 2.29. The Morgan fingerprint density at radius 1 is 0.929 bits per heavy atom. The number of anilines is 1. The van der Waals surface area contributed by atoms with E-state index in [0.29, 0.717) is 16.9 Å². The summed E-state index contributed by atoms with van der Waals surface area (Å²) < 4.78 is 5.39. The number of nitro groups is 2. The number of nitrogens with zero attached hydrogens (tertiary/aromatic N) is 2. The lowest BCUT2D eigenvalue weighted by molar-refractivity contribution is -0.395. The van der Waals surface area contributed by atoms with Crippen molar-refractivity contribution in [2.45, 2.75) is 75.9 Å². The molecule has 10 heteroatoms. The monoisotopic (exact) mass is 587 g/mol. The van der Waals surface area contributed by atoms with Gasteiger partial charge in [-0.3, -0.25) is 25.5 Å².